The van der Waals surface area contributed by atoms with Crippen LogP contribution in [0, 0.1) is 0 Å². The van der Waals surface area contributed by atoms with Gasteiger partial charge in [0.2, 0.25) is 0 Å². The first kappa shape index (κ1) is 17.4. The number of nitrogens with zero attached hydrogens (tertiary/aromatic N) is 3. The largest absolute Gasteiger partial charge is 0.457 e. The maximum Gasteiger partial charge on any atom is 0.251 e. The standard InChI is InChI=1S/C21H17N5O2/c27-21(16-6-8-18(9-7-16)28-17-4-2-1-3-5-17)23-14-19-24-20(26-25-19)15-10-12-22-13-11-15/h1-13H,14H2,(H,23,27)(H,24,25,26). The fourth-order valence-electron chi connectivity index (χ4n) is 2.57. The van der Waals surface area contributed by atoms with E-state index in [1.165, 1.54) is 0 Å². The highest BCUT2D eigenvalue weighted by molar-refractivity contribution is 5.94. The molecule has 2 heterocycles. The van der Waals surface area contributed by atoms with Crippen molar-refractivity contribution in [3.8, 4) is 22.9 Å². The summed E-state index contributed by atoms with van der Waals surface area (Å²) in [6.07, 6.45) is 3.36. The molecule has 0 saturated heterocycles. The molecule has 4 rings (SSSR count). The lowest BCUT2D eigenvalue weighted by molar-refractivity contribution is 0.0950. The monoisotopic (exact) mass is 371 g/mol. The van der Waals surface area contributed by atoms with Gasteiger partial charge in [-0.3, -0.25) is 14.9 Å². The number of aromatic nitrogens is 4. The normalized spacial score (nSPS) is 10.4. The third-order valence-electron chi connectivity index (χ3n) is 3.98. The molecule has 7 nitrogen and oxygen atoms in total. The Kier molecular flexibility index (Phi) is 5.06. The number of nitrogens with one attached hydrogen (secondary N) is 2. The minimum absolute atomic E-state index is 0.201. The topological polar surface area (TPSA) is 92.8 Å². The number of H-pyrrole nitrogens is 1. The fraction of sp³-hybridized carbons (Fsp3) is 0.0476. The van der Waals surface area contributed by atoms with Crippen molar-refractivity contribution in [1.29, 1.82) is 0 Å². The first-order valence-corrected chi connectivity index (χ1v) is 8.71. The number of rotatable bonds is 6. The third kappa shape index (κ3) is 4.21. The second-order valence-corrected chi connectivity index (χ2v) is 5.96. The summed E-state index contributed by atoms with van der Waals surface area (Å²) in [6, 6.07) is 20.1. The van der Waals surface area contributed by atoms with E-state index < -0.39 is 0 Å². The summed E-state index contributed by atoms with van der Waals surface area (Å²) in [4.78, 5) is 20.7. The highest BCUT2D eigenvalue weighted by atomic mass is 16.5. The molecule has 0 atom stereocenters. The Hall–Kier alpha value is -4.00. The van der Waals surface area contributed by atoms with E-state index in [0.717, 1.165) is 11.3 Å². The van der Waals surface area contributed by atoms with Gasteiger partial charge in [-0.1, -0.05) is 18.2 Å². The third-order valence-corrected chi connectivity index (χ3v) is 3.98. The second kappa shape index (κ2) is 8.13. The molecule has 2 aromatic carbocycles. The van der Waals surface area contributed by atoms with Crippen LogP contribution in [0.2, 0.25) is 0 Å². The van der Waals surface area contributed by atoms with Crippen LogP contribution < -0.4 is 10.1 Å². The van der Waals surface area contributed by atoms with Gasteiger partial charge in [-0.2, -0.15) is 5.10 Å². The number of aromatic amines is 1. The molecule has 1 amide bonds. The molecule has 0 bridgehead atoms. The fourth-order valence-corrected chi connectivity index (χ4v) is 2.57. The Balaban J connectivity index is 1.34. The van der Waals surface area contributed by atoms with Crippen molar-refractivity contribution in [2.75, 3.05) is 0 Å². The van der Waals surface area contributed by atoms with Gasteiger partial charge in [0, 0.05) is 23.5 Å². The predicted octanol–water partition coefficient (Wildman–Crippen LogP) is 3.59. The molecule has 138 valence electrons. The molecule has 0 aliphatic heterocycles. The number of benzene rings is 2. The summed E-state index contributed by atoms with van der Waals surface area (Å²) in [7, 11) is 0. The SMILES string of the molecule is O=C(NCc1nc(-c2ccncc2)n[nH]1)c1ccc(Oc2ccccc2)cc1. The van der Waals surface area contributed by atoms with Gasteiger partial charge in [0.25, 0.3) is 5.91 Å². The molecule has 0 radical (unpaired) electrons. The zero-order valence-electron chi connectivity index (χ0n) is 14.9. The molecule has 0 unspecified atom stereocenters. The van der Waals surface area contributed by atoms with Crippen LogP contribution in [0.15, 0.2) is 79.1 Å². The van der Waals surface area contributed by atoms with Crippen LogP contribution in [0.1, 0.15) is 16.2 Å². The summed E-state index contributed by atoms with van der Waals surface area (Å²) in [5, 5.41) is 9.81. The van der Waals surface area contributed by atoms with Gasteiger partial charge in [0.15, 0.2) is 5.82 Å². The summed E-state index contributed by atoms with van der Waals surface area (Å²) in [6.45, 7) is 0.249. The number of hydrogen-bond acceptors (Lipinski definition) is 5. The Morgan fingerprint density at radius 2 is 1.64 bits per heavy atom. The highest BCUT2D eigenvalue weighted by Gasteiger charge is 2.09. The molecule has 0 spiro atoms. The van der Waals surface area contributed by atoms with Gasteiger partial charge in [-0.15, -0.1) is 0 Å². The van der Waals surface area contributed by atoms with Crippen molar-refractivity contribution in [2.24, 2.45) is 0 Å². The van der Waals surface area contributed by atoms with Gasteiger partial charge in [0.05, 0.1) is 6.54 Å². The second-order valence-electron chi connectivity index (χ2n) is 5.96. The Labute approximate surface area is 161 Å². The maximum absolute atomic E-state index is 12.3. The molecule has 0 saturated carbocycles. The van der Waals surface area contributed by atoms with Crippen LogP contribution in [-0.4, -0.2) is 26.1 Å². The van der Waals surface area contributed by atoms with E-state index in [2.05, 4.69) is 25.5 Å². The van der Waals surface area contributed by atoms with Crippen LogP contribution in [0.3, 0.4) is 0 Å². The van der Waals surface area contributed by atoms with E-state index in [-0.39, 0.29) is 12.5 Å². The smallest absolute Gasteiger partial charge is 0.251 e. The van der Waals surface area contributed by atoms with Crippen molar-refractivity contribution in [3.63, 3.8) is 0 Å². The van der Waals surface area contributed by atoms with Crippen LogP contribution in [0.5, 0.6) is 11.5 Å². The zero-order valence-corrected chi connectivity index (χ0v) is 14.9. The molecule has 4 aromatic rings. The van der Waals surface area contributed by atoms with Gasteiger partial charge in [-0.05, 0) is 48.5 Å². The molecule has 0 aliphatic rings. The van der Waals surface area contributed by atoms with E-state index in [0.29, 0.717) is 23.0 Å². The average Bonchev–Trinajstić information content (AvgIpc) is 3.23. The lowest BCUT2D eigenvalue weighted by atomic mass is 10.2. The summed E-state index contributed by atoms with van der Waals surface area (Å²) in [5.41, 5.74) is 1.40. The Morgan fingerprint density at radius 3 is 2.39 bits per heavy atom. The van der Waals surface area contributed by atoms with Crippen LogP contribution in [0.25, 0.3) is 11.4 Å². The number of pyridine rings is 1. The number of carbonyl (C=O) groups excluding carboxylic acids is 1. The molecule has 2 aromatic heterocycles. The van der Waals surface area contributed by atoms with Crippen molar-refractivity contribution >= 4 is 5.91 Å². The van der Waals surface area contributed by atoms with Gasteiger partial charge < -0.3 is 10.1 Å². The van der Waals surface area contributed by atoms with Crippen molar-refractivity contribution in [2.45, 2.75) is 6.54 Å². The Bertz CT molecular complexity index is 1050. The van der Waals surface area contributed by atoms with Crippen molar-refractivity contribution in [3.05, 3.63) is 90.5 Å². The van der Waals surface area contributed by atoms with Crippen LogP contribution >= 0.6 is 0 Å². The lowest BCUT2D eigenvalue weighted by Crippen LogP contribution is -2.23. The van der Waals surface area contributed by atoms with E-state index in [1.807, 2.05) is 42.5 Å². The quantitative estimate of drug-likeness (QED) is 0.540. The van der Waals surface area contributed by atoms with E-state index in [9.17, 15) is 4.79 Å². The molecule has 2 N–H and O–H groups in total. The van der Waals surface area contributed by atoms with E-state index in [1.54, 1.807) is 36.7 Å². The van der Waals surface area contributed by atoms with Gasteiger partial charge in [-0.25, -0.2) is 4.98 Å². The highest BCUT2D eigenvalue weighted by Crippen LogP contribution is 2.21. The van der Waals surface area contributed by atoms with E-state index in [4.69, 9.17) is 4.74 Å². The maximum atomic E-state index is 12.3. The number of hydrogen-bond donors (Lipinski definition) is 2. The molecule has 28 heavy (non-hydrogen) atoms. The summed E-state index contributed by atoms with van der Waals surface area (Å²) >= 11 is 0. The van der Waals surface area contributed by atoms with Gasteiger partial charge >= 0.3 is 0 Å². The molecule has 0 aliphatic carbocycles. The first-order chi connectivity index (χ1) is 13.8. The summed E-state index contributed by atoms with van der Waals surface area (Å²) < 4.78 is 5.73. The molecule has 7 heteroatoms. The van der Waals surface area contributed by atoms with Crippen molar-refractivity contribution < 1.29 is 9.53 Å². The number of para-hydroxylation sites is 1. The van der Waals surface area contributed by atoms with Crippen LogP contribution in [0.4, 0.5) is 0 Å². The first-order valence-electron chi connectivity index (χ1n) is 8.71. The number of amides is 1. The summed E-state index contributed by atoms with van der Waals surface area (Å²) in [5.74, 6) is 2.35. The lowest BCUT2D eigenvalue weighted by Gasteiger charge is -2.07. The number of ether oxygens (including phenoxy) is 1. The average molecular weight is 371 g/mol. The number of carbonyl (C=O) groups is 1. The predicted molar refractivity (Wildman–Crippen MR) is 104 cm³/mol. The van der Waals surface area contributed by atoms with Crippen LogP contribution in [-0.2, 0) is 6.54 Å². The van der Waals surface area contributed by atoms with Crippen molar-refractivity contribution in [1.82, 2.24) is 25.5 Å². The van der Waals surface area contributed by atoms with E-state index >= 15 is 0 Å². The molecular weight excluding hydrogens is 354 g/mol. The Morgan fingerprint density at radius 1 is 0.929 bits per heavy atom. The van der Waals surface area contributed by atoms with Gasteiger partial charge in [0.1, 0.15) is 17.3 Å². The molecular formula is C21H17N5O2. The zero-order chi connectivity index (χ0) is 19.2. The minimum atomic E-state index is -0.201. The molecule has 0 fully saturated rings. The minimum Gasteiger partial charge on any atom is -0.457 e.